The summed E-state index contributed by atoms with van der Waals surface area (Å²) in [4.78, 5) is 0. The van der Waals surface area contributed by atoms with Crippen LogP contribution in [-0.4, -0.2) is 15.8 Å². The molecule has 0 radical (unpaired) electrons. The molecule has 3 heteroatoms. The third-order valence-corrected chi connectivity index (χ3v) is 4.33. The smallest absolute Gasteiger partial charge is 0.0666 e. The Morgan fingerprint density at radius 3 is 3.11 bits per heavy atom. The predicted molar refractivity (Wildman–Crippen MR) is 76.3 cm³/mol. The minimum absolute atomic E-state index is 0.608. The van der Waals surface area contributed by atoms with E-state index in [1.54, 1.807) is 6.20 Å². The van der Waals surface area contributed by atoms with Crippen molar-refractivity contribution in [3.63, 3.8) is 0 Å². The van der Waals surface area contributed by atoms with E-state index in [2.05, 4.69) is 46.8 Å². The Morgan fingerprint density at radius 2 is 2.26 bits per heavy atom. The van der Waals surface area contributed by atoms with Gasteiger partial charge in [-0.05, 0) is 43.0 Å². The van der Waals surface area contributed by atoms with Gasteiger partial charge in [0, 0.05) is 30.0 Å². The zero-order valence-corrected chi connectivity index (χ0v) is 10.7. The van der Waals surface area contributed by atoms with Crippen molar-refractivity contribution in [1.29, 1.82) is 0 Å². The molecule has 0 spiro atoms. The molecule has 96 valence electrons. The highest BCUT2D eigenvalue weighted by atomic mass is 15.3. The lowest BCUT2D eigenvalue weighted by atomic mass is 9.71. The Labute approximate surface area is 112 Å². The summed E-state index contributed by atoms with van der Waals surface area (Å²) in [6.07, 6.45) is 11.1. The second-order valence-corrected chi connectivity index (χ2v) is 5.49. The SMILES string of the molecule is C1=CC2C(C1)CC2Nc1cccc(-n2cccn2)c1. The summed E-state index contributed by atoms with van der Waals surface area (Å²) in [5, 5.41) is 7.93. The molecule has 1 fully saturated rings. The molecule has 3 atom stereocenters. The molecule has 3 nitrogen and oxygen atoms in total. The summed E-state index contributed by atoms with van der Waals surface area (Å²) >= 11 is 0. The molecule has 4 rings (SSSR count). The van der Waals surface area contributed by atoms with Gasteiger partial charge in [-0.2, -0.15) is 5.10 Å². The number of hydrogen-bond donors (Lipinski definition) is 1. The normalized spacial score (nSPS) is 27.9. The van der Waals surface area contributed by atoms with Crippen LogP contribution in [0.4, 0.5) is 5.69 Å². The summed E-state index contributed by atoms with van der Waals surface area (Å²) in [6.45, 7) is 0. The molecule has 3 unspecified atom stereocenters. The highest BCUT2D eigenvalue weighted by molar-refractivity contribution is 5.52. The summed E-state index contributed by atoms with van der Waals surface area (Å²) in [5.41, 5.74) is 2.30. The van der Waals surface area contributed by atoms with Gasteiger partial charge >= 0.3 is 0 Å². The molecule has 1 aromatic heterocycles. The minimum atomic E-state index is 0.608. The van der Waals surface area contributed by atoms with Crippen LogP contribution in [-0.2, 0) is 0 Å². The Kier molecular flexibility index (Phi) is 2.44. The average molecular weight is 251 g/mol. The van der Waals surface area contributed by atoms with Gasteiger partial charge in [0.05, 0.1) is 5.69 Å². The van der Waals surface area contributed by atoms with E-state index in [9.17, 15) is 0 Å². The van der Waals surface area contributed by atoms with Gasteiger partial charge < -0.3 is 5.32 Å². The van der Waals surface area contributed by atoms with Crippen LogP contribution >= 0.6 is 0 Å². The van der Waals surface area contributed by atoms with Gasteiger partial charge in [-0.1, -0.05) is 18.2 Å². The van der Waals surface area contributed by atoms with E-state index in [-0.39, 0.29) is 0 Å². The first kappa shape index (κ1) is 10.9. The number of rotatable bonds is 3. The molecule has 1 heterocycles. The fourth-order valence-electron chi connectivity index (χ4n) is 3.26. The monoisotopic (exact) mass is 251 g/mol. The maximum absolute atomic E-state index is 4.27. The van der Waals surface area contributed by atoms with E-state index < -0.39 is 0 Å². The van der Waals surface area contributed by atoms with E-state index in [4.69, 9.17) is 0 Å². The maximum Gasteiger partial charge on any atom is 0.0666 e. The predicted octanol–water partition coefficient (Wildman–Crippen LogP) is 3.25. The first-order valence-corrected chi connectivity index (χ1v) is 6.93. The van der Waals surface area contributed by atoms with Gasteiger partial charge in [0.1, 0.15) is 0 Å². The van der Waals surface area contributed by atoms with Crippen LogP contribution in [0, 0.1) is 11.8 Å². The molecular weight excluding hydrogens is 234 g/mol. The number of nitrogens with one attached hydrogen (secondary N) is 1. The second kappa shape index (κ2) is 4.26. The fraction of sp³-hybridized carbons (Fsp3) is 0.312. The zero-order chi connectivity index (χ0) is 12.7. The van der Waals surface area contributed by atoms with Gasteiger partial charge in [0.25, 0.3) is 0 Å². The summed E-state index contributed by atoms with van der Waals surface area (Å²) in [6, 6.07) is 11.0. The molecule has 0 amide bonds. The largest absolute Gasteiger partial charge is 0.382 e. The molecule has 0 bridgehead atoms. The number of nitrogens with zero attached hydrogens (tertiary/aromatic N) is 2. The van der Waals surface area contributed by atoms with E-state index in [1.807, 2.05) is 16.9 Å². The Balaban J connectivity index is 1.53. The highest BCUT2D eigenvalue weighted by Crippen LogP contribution is 2.44. The van der Waals surface area contributed by atoms with Crippen LogP contribution < -0.4 is 5.32 Å². The number of allylic oxidation sites excluding steroid dienone is 1. The molecule has 1 aromatic carbocycles. The summed E-state index contributed by atoms with van der Waals surface area (Å²) in [7, 11) is 0. The van der Waals surface area contributed by atoms with E-state index >= 15 is 0 Å². The average Bonchev–Trinajstić information content (AvgIpc) is 3.06. The van der Waals surface area contributed by atoms with Crippen molar-refractivity contribution in [1.82, 2.24) is 9.78 Å². The van der Waals surface area contributed by atoms with Crippen LogP contribution in [0.5, 0.6) is 0 Å². The Bertz CT molecular complexity index is 600. The van der Waals surface area contributed by atoms with Crippen LogP contribution in [0.25, 0.3) is 5.69 Å². The lowest BCUT2D eigenvalue weighted by molar-refractivity contribution is 0.218. The van der Waals surface area contributed by atoms with E-state index in [0.717, 1.165) is 17.5 Å². The summed E-state index contributed by atoms with van der Waals surface area (Å²) < 4.78 is 1.89. The van der Waals surface area contributed by atoms with Crippen LogP contribution in [0.1, 0.15) is 12.8 Å². The molecule has 0 saturated heterocycles. The zero-order valence-electron chi connectivity index (χ0n) is 10.7. The van der Waals surface area contributed by atoms with Crippen LogP contribution in [0.15, 0.2) is 54.9 Å². The van der Waals surface area contributed by atoms with Gasteiger partial charge in [0.15, 0.2) is 0 Å². The second-order valence-electron chi connectivity index (χ2n) is 5.49. The molecule has 2 aromatic rings. The molecule has 0 aliphatic heterocycles. The Morgan fingerprint density at radius 1 is 1.26 bits per heavy atom. The lowest BCUT2D eigenvalue weighted by Gasteiger charge is -2.41. The van der Waals surface area contributed by atoms with Crippen molar-refractivity contribution < 1.29 is 0 Å². The molecule has 1 N–H and O–H groups in total. The van der Waals surface area contributed by atoms with Gasteiger partial charge in [-0.3, -0.25) is 0 Å². The fourth-order valence-corrected chi connectivity index (χ4v) is 3.26. The van der Waals surface area contributed by atoms with Crippen molar-refractivity contribution in [2.45, 2.75) is 18.9 Å². The van der Waals surface area contributed by atoms with E-state index in [0.29, 0.717) is 6.04 Å². The van der Waals surface area contributed by atoms with E-state index in [1.165, 1.54) is 18.5 Å². The topological polar surface area (TPSA) is 29.9 Å². The first-order chi connectivity index (χ1) is 9.40. The number of hydrogen-bond acceptors (Lipinski definition) is 2. The van der Waals surface area contributed by atoms with Crippen LogP contribution in [0.2, 0.25) is 0 Å². The summed E-state index contributed by atoms with van der Waals surface area (Å²) in [5.74, 6) is 1.64. The first-order valence-electron chi connectivity index (χ1n) is 6.93. The lowest BCUT2D eigenvalue weighted by Crippen LogP contribution is -2.43. The number of benzene rings is 1. The van der Waals surface area contributed by atoms with Crippen molar-refractivity contribution in [2.24, 2.45) is 11.8 Å². The Hall–Kier alpha value is -2.03. The van der Waals surface area contributed by atoms with Gasteiger partial charge in [-0.25, -0.2) is 4.68 Å². The number of fused-ring (bicyclic) bond motifs is 1. The minimum Gasteiger partial charge on any atom is -0.382 e. The molecule has 1 saturated carbocycles. The number of aromatic nitrogens is 2. The molecule has 2 aliphatic carbocycles. The van der Waals surface area contributed by atoms with Crippen molar-refractivity contribution in [3.05, 3.63) is 54.9 Å². The standard InChI is InChI=1S/C16H17N3/c1-4-12-10-16(15(12)7-1)18-13-5-2-6-14(11-13)19-9-3-8-17-19/h1-3,5-9,11-12,15-16,18H,4,10H2. The molecule has 19 heavy (non-hydrogen) atoms. The number of anilines is 1. The maximum atomic E-state index is 4.27. The third kappa shape index (κ3) is 1.86. The quantitative estimate of drug-likeness (QED) is 0.849. The third-order valence-electron chi connectivity index (χ3n) is 4.33. The van der Waals surface area contributed by atoms with Crippen molar-refractivity contribution in [2.75, 3.05) is 5.32 Å². The molecular formula is C16H17N3. The van der Waals surface area contributed by atoms with Crippen LogP contribution in [0.3, 0.4) is 0 Å². The highest BCUT2D eigenvalue weighted by Gasteiger charge is 2.40. The van der Waals surface area contributed by atoms with Crippen molar-refractivity contribution in [3.8, 4) is 5.69 Å². The van der Waals surface area contributed by atoms with Gasteiger partial charge in [0.2, 0.25) is 0 Å². The molecule has 2 aliphatic rings. The van der Waals surface area contributed by atoms with Gasteiger partial charge in [-0.15, -0.1) is 0 Å². The van der Waals surface area contributed by atoms with Crippen molar-refractivity contribution >= 4 is 5.69 Å².